The number of hydrogen-bond donors (Lipinski definition) is 1. The molecule has 0 bridgehead atoms. The third-order valence-electron chi connectivity index (χ3n) is 10.7. The van der Waals surface area contributed by atoms with Crippen LogP contribution in [0.25, 0.3) is 21.9 Å². The van der Waals surface area contributed by atoms with E-state index < -0.39 is 32.5 Å². The van der Waals surface area contributed by atoms with Crippen molar-refractivity contribution in [2.45, 2.75) is 122 Å². The highest BCUT2D eigenvalue weighted by atomic mass is 32.2. The number of imidazole rings is 1. The average molecular weight is 773 g/mol. The Kier molecular flexibility index (Phi) is 12.0. The molecular weight excluding hydrogens is 717 g/mol. The van der Waals surface area contributed by atoms with Gasteiger partial charge in [0.05, 0.1) is 39.7 Å². The number of benzene rings is 3. The number of ether oxygens (including phenoxy) is 1. The Balaban J connectivity index is 1.74. The number of aliphatic hydroxyl groups is 1. The summed E-state index contributed by atoms with van der Waals surface area (Å²) < 4.78 is 44.9. The number of nitrogens with zero attached hydrogens (tertiary/aromatic N) is 4. The number of aromatic nitrogens is 3. The van der Waals surface area contributed by atoms with Gasteiger partial charge in [0.2, 0.25) is 8.32 Å². The molecule has 2 heterocycles. The summed E-state index contributed by atoms with van der Waals surface area (Å²) in [6.45, 7) is 25.2. The maximum atomic E-state index is 14.2. The normalized spacial score (nSPS) is 13.5. The number of nitriles is 1. The van der Waals surface area contributed by atoms with Crippen LogP contribution in [0.2, 0.25) is 42.3 Å². The van der Waals surface area contributed by atoms with Crippen molar-refractivity contribution in [2.24, 2.45) is 0 Å². The third-order valence-corrected chi connectivity index (χ3v) is 20.1. The lowest BCUT2D eigenvalue weighted by Gasteiger charge is -2.42. The number of fused-ring (bicyclic) bond motifs is 2. The molecule has 2 aromatic heterocycles. The molecule has 1 unspecified atom stereocenters. The third kappa shape index (κ3) is 7.97. The van der Waals surface area contributed by atoms with Gasteiger partial charge in [0.1, 0.15) is 18.7 Å². The summed E-state index contributed by atoms with van der Waals surface area (Å²) in [6, 6.07) is 19.0. The van der Waals surface area contributed by atoms with Gasteiger partial charge in [-0.25, -0.2) is 17.4 Å². The number of aliphatic hydroxyl groups excluding tert-OH is 1. The number of hydrogen-bond acceptors (Lipinski definition) is 7. The molecule has 0 aliphatic rings. The summed E-state index contributed by atoms with van der Waals surface area (Å²) in [5, 5.41) is 23.0. The smallest absolute Gasteiger partial charge is 0.268 e. The Morgan fingerprint density at radius 3 is 2.15 bits per heavy atom. The van der Waals surface area contributed by atoms with E-state index in [1.807, 2.05) is 30.5 Å². The van der Waals surface area contributed by atoms with Gasteiger partial charge in [0.15, 0.2) is 0 Å². The summed E-state index contributed by atoms with van der Waals surface area (Å²) >= 11 is 0. The quantitative estimate of drug-likeness (QED) is 0.0831. The fraction of sp³-hybridized carbons (Fsp3) is 0.463. The maximum Gasteiger partial charge on any atom is 0.268 e. The van der Waals surface area contributed by atoms with Crippen molar-refractivity contribution in [1.82, 2.24) is 13.5 Å². The Hall–Kier alpha value is -3.58. The van der Waals surface area contributed by atoms with Gasteiger partial charge < -0.3 is 18.8 Å². The molecule has 53 heavy (non-hydrogen) atoms. The van der Waals surface area contributed by atoms with E-state index in [1.54, 1.807) is 48.7 Å². The van der Waals surface area contributed by atoms with Crippen LogP contribution in [0, 0.1) is 25.2 Å². The molecule has 284 valence electrons. The van der Waals surface area contributed by atoms with Crippen molar-refractivity contribution in [3.63, 3.8) is 0 Å². The van der Waals surface area contributed by atoms with E-state index in [0.29, 0.717) is 56.6 Å². The summed E-state index contributed by atoms with van der Waals surface area (Å²) in [7, 11) is -7.68. The lowest BCUT2D eigenvalue weighted by atomic mass is 9.95. The Morgan fingerprint density at radius 1 is 0.925 bits per heavy atom. The first-order chi connectivity index (χ1) is 24.8. The molecule has 0 amide bonds. The van der Waals surface area contributed by atoms with Crippen LogP contribution in [0.5, 0.6) is 0 Å². The van der Waals surface area contributed by atoms with Gasteiger partial charge >= 0.3 is 0 Å². The van der Waals surface area contributed by atoms with Crippen LogP contribution in [-0.4, -0.2) is 50.0 Å². The second-order valence-corrected chi connectivity index (χ2v) is 29.4. The van der Waals surface area contributed by atoms with Gasteiger partial charge in [0, 0.05) is 31.8 Å². The number of rotatable bonds is 15. The fourth-order valence-electron chi connectivity index (χ4n) is 7.99. The zero-order chi connectivity index (χ0) is 39.0. The molecular formula is C41H56N4O5SSi2. The molecule has 0 fully saturated rings. The van der Waals surface area contributed by atoms with Gasteiger partial charge in [-0.2, -0.15) is 5.26 Å². The van der Waals surface area contributed by atoms with E-state index in [4.69, 9.17) is 14.1 Å². The highest BCUT2D eigenvalue weighted by molar-refractivity contribution is 7.90. The molecule has 0 radical (unpaired) electrons. The van der Waals surface area contributed by atoms with Crippen LogP contribution >= 0.6 is 0 Å². The zero-order valence-electron chi connectivity index (χ0n) is 33.2. The minimum atomic E-state index is -3.97. The predicted molar refractivity (Wildman–Crippen MR) is 219 cm³/mol. The van der Waals surface area contributed by atoms with Crippen molar-refractivity contribution in [3.05, 3.63) is 94.4 Å². The Labute approximate surface area is 317 Å². The van der Waals surface area contributed by atoms with Crippen LogP contribution in [0.4, 0.5) is 0 Å². The molecule has 0 aliphatic carbocycles. The van der Waals surface area contributed by atoms with Crippen LogP contribution in [0.1, 0.15) is 81.3 Å². The van der Waals surface area contributed by atoms with Gasteiger partial charge in [-0.05, 0) is 84.0 Å². The second kappa shape index (κ2) is 15.6. The van der Waals surface area contributed by atoms with Crippen LogP contribution in [0.3, 0.4) is 0 Å². The summed E-state index contributed by atoms with van der Waals surface area (Å²) in [4.78, 5) is 5.12. The standard InChI is InChI=1S/C41H56N4O5SSi2/c1-27(2)53(28(3)4,29(5)6)50-25-33-22-31(8)39-35(18-19-45(39)51(47,48)34-15-12-30(7)13-16-34)38(33)40(46)41-43-36-23-32(24-42)14-17-37(36)44(41)26-49-20-21-52(9,10)11/h12-19,22-23,27-29,40,46H,20-21,25-26H2,1-11H3. The molecule has 5 aromatic rings. The minimum absolute atomic E-state index is 0.160. The largest absolute Gasteiger partial charge is 0.412 e. The van der Waals surface area contributed by atoms with E-state index in [-0.39, 0.29) is 18.2 Å². The van der Waals surface area contributed by atoms with Gasteiger partial charge in [-0.1, -0.05) is 84.9 Å². The van der Waals surface area contributed by atoms with Gasteiger partial charge in [-0.3, -0.25) is 0 Å². The molecule has 1 atom stereocenters. The second-order valence-electron chi connectivity index (χ2n) is 16.5. The molecule has 3 aromatic carbocycles. The van der Waals surface area contributed by atoms with Crippen LogP contribution in [-0.2, 0) is 32.5 Å². The van der Waals surface area contributed by atoms with E-state index in [0.717, 1.165) is 28.3 Å². The first-order valence-corrected chi connectivity index (χ1v) is 25.9. The summed E-state index contributed by atoms with van der Waals surface area (Å²) in [6.07, 6.45) is 0.298. The Bertz CT molecular complexity index is 2220. The van der Waals surface area contributed by atoms with E-state index in [9.17, 15) is 18.8 Å². The van der Waals surface area contributed by atoms with Crippen molar-refractivity contribution in [1.29, 1.82) is 5.26 Å². The average Bonchev–Trinajstić information content (AvgIpc) is 3.69. The van der Waals surface area contributed by atoms with Gasteiger partial charge in [-0.15, -0.1) is 0 Å². The zero-order valence-corrected chi connectivity index (χ0v) is 36.0. The van der Waals surface area contributed by atoms with Gasteiger partial charge in [0.25, 0.3) is 10.0 Å². The monoisotopic (exact) mass is 772 g/mol. The number of aryl methyl sites for hydroxylation is 2. The molecule has 0 spiro atoms. The predicted octanol–water partition coefficient (Wildman–Crippen LogP) is 9.80. The maximum absolute atomic E-state index is 14.2. The van der Waals surface area contributed by atoms with Crippen molar-refractivity contribution in [2.75, 3.05) is 6.61 Å². The van der Waals surface area contributed by atoms with Crippen LogP contribution in [0.15, 0.2) is 65.7 Å². The summed E-state index contributed by atoms with van der Waals surface area (Å²) in [5.74, 6) is 0.351. The SMILES string of the molecule is Cc1ccc(S(=O)(=O)n2ccc3c(C(O)c4nc5cc(C#N)ccc5n4COCC[Si](C)(C)C)c(CO[Si](C(C)C)(C(C)C)C(C)C)cc(C)c32)cc1. The van der Waals surface area contributed by atoms with E-state index in [1.165, 1.54) is 3.97 Å². The van der Waals surface area contributed by atoms with E-state index >= 15 is 0 Å². The summed E-state index contributed by atoms with van der Waals surface area (Å²) in [5.41, 5.74) is 6.32. The van der Waals surface area contributed by atoms with Crippen molar-refractivity contribution in [3.8, 4) is 6.07 Å². The first kappa shape index (κ1) is 40.6. The molecule has 1 N–H and O–H groups in total. The first-order valence-electron chi connectivity index (χ1n) is 18.6. The van der Waals surface area contributed by atoms with E-state index in [2.05, 4.69) is 67.3 Å². The topological polar surface area (TPSA) is 119 Å². The lowest BCUT2D eigenvalue weighted by Crippen LogP contribution is -2.47. The molecule has 0 saturated carbocycles. The molecule has 0 aliphatic heterocycles. The van der Waals surface area contributed by atoms with Crippen LogP contribution < -0.4 is 0 Å². The Morgan fingerprint density at radius 2 is 1.57 bits per heavy atom. The molecule has 5 rings (SSSR count). The molecule has 9 nitrogen and oxygen atoms in total. The lowest BCUT2D eigenvalue weighted by molar-refractivity contribution is 0.0814. The van der Waals surface area contributed by atoms with Crippen molar-refractivity contribution >= 4 is 48.4 Å². The highest BCUT2D eigenvalue weighted by Gasteiger charge is 2.45. The fourth-order valence-corrected chi connectivity index (χ4v) is 15.6. The van der Waals surface area contributed by atoms with Crippen molar-refractivity contribution < 1.29 is 22.7 Å². The molecule has 0 saturated heterocycles. The molecule has 12 heteroatoms. The minimum Gasteiger partial charge on any atom is -0.412 e. The highest BCUT2D eigenvalue weighted by Crippen LogP contribution is 2.44.